The van der Waals surface area contributed by atoms with Gasteiger partial charge in [-0.15, -0.1) is 0 Å². The van der Waals surface area contributed by atoms with E-state index in [0.29, 0.717) is 12.2 Å². The lowest BCUT2D eigenvalue weighted by Gasteiger charge is -2.12. The predicted octanol–water partition coefficient (Wildman–Crippen LogP) is 2.92. The van der Waals surface area contributed by atoms with Crippen LogP contribution in [0.4, 0.5) is 10.5 Å². The average Bonchev–Trinajstić information content (AvgIpc) is 2.45. The third kappa shape index (κ3) is 5.35. The molecule has 0 aliphatic carbocycles. The molecule has 0 saturated carbocycles. The number of thioether (sulfide) groups is 1. The molecule has 3 N–H and O–H groups in total. The second kappa shape index (κ2) is 8.63. The van der Waals surface area contributed by atoms with Gasteiger partial charge in [-0.3, -0.25) is 0 Å². The molecule has 8 heteroatoms. The average molecular weight is 333 g/mol. The fourth-order valence-corrected chi connectivity index (χ4v) is 2.21. The van der Waals surface area contributed by atoms with Gasteiger partial charge >= 0.3 is 12.0 Å². The van der Waals surface area contributed by atoms with Crippen molar-refractivity contribution in [3.05, 3.63) is 22.7 Å². The molecular formula is C13H17ClN2O4S. The number of carbonyl (C=O) groups is 2. The van der Waals surface area contributed by atoms with Crippen LogP contribution in [0.5, 0.6) is 5.75 Å². The molecule has 0 aliphatic heterocycles. The highest BCUT2D eigenvalue weighted by Gasteiger charge is 2.16. The maximum Gasteiger partial charge on any atom is 0.339 e. The minimum atomic E-state index is -1.15. The Bertz CT molecular complexity index is 525. The third-order valence-corrected chi connectivity index (χ3v) is 3.59. The third-order valence-electron chi connectivity index (χ3n) is 2.58. The number of carboxylic acid groups (broad SMARTS) is 1. The van der Waals surface area contributed by atoms with Gasteiger partial charge in [0, 0.05) is 12.6 Å². The second-order valence-corrected chi connectivity index (χ2v) is 5.46. The van der Waals surface area contributed by atoms with Crippen molar-refractivity contribution < 1.29 is 19.4 Å². The van der Waals surface area contributed by atoms with E-state index in [0.717, 1.165) is 12.2 Å². The van der Waals surface area contributed by atoms with Crippen molar-refractivity contribution >= 4 is 41.1 Å². The molecule has 0 aromatic heterocycles. The number of hydrogen-bond donors (Lipinski definition) is 3. The van der Waals surface area contributed by atoms with Crippen LogP contribution in [0.15, 0.2) is 12.1 Å². The molecular weight excluding hydrogens is 316 g/mol. The molecule has 0 heterocycles. The first-order valence-corrected chi connectivity index (χ1v) is 7.91. The summed E-state index contributed by atoms with van der Waals surface area (Å²) in [4.78, 5) is 22.7. The van der Waals surface area contributed by atoms with Gasteiger partial charge in [-0.25, -0.2) is 9.59 Å². The normalized spacial score (nSPS) is 10.0. The summed E-state index contributed by atoms with van der Waals surface area (Å²) in [5, 5.41) is 14.4. The zero-order valence-corrected chi connectivity index (χ0v) is 13.3. The summed E-state index contributed by atoms with van der Waals surface area (Å²) in [6, 6.07) is 2.22. The van der Waals surface area contributed by atoms with Crippen LogP contribution in [0.3, 0.4) is 0 Å². The SMILES string of the molecule is COc1cc(NC(=O)NCCCSC)c(Cl)cc1C(=O)O. The van der Waals surface area contributed by atoms with Gasteiger partial charge in [0.25, 0.3) is 0 Å². The minimum absolute atomic E-state index is 0.0616. The van der Waals surface area contributed by atoms with Crippen molar-refractivity contribution in [2.45, 2.75) is 6.42 Å². The number of nitrogens with one attached hydrogen (secondary N) is 2. The summed E-state index contributed by atoms with van der Waals surface area (Å²) >= 11 is 7.67. The molecule has 1 aromatic carbocycles. The van der Waals surface area contributed by atoms with Crippen molar-refractivity contribution in [1.82, 2.24) is 5.32 Å². The number of aromatic carboxylic acids is 1. The molecule has 0 spiro atoms. The van der Waals surface area contributed by atoms with Gasteiger partial charge in [0.2, 0.25) is 0 Å². The van der Waals surface area contributed by atoms with Crippen LogP contribution in [0.25, 0.3) is 0 Å². The van der Waals surface area contributed by atoms with Crippen LogP contribution >= 0.6 is 23.4 Å². The lowest BCUT2D eigenvalue weighted by Crippen LogP contribution is -2.29. The van der Waals surface area contributed by atoms with E-state index in [-0.39, 0.29) is 16.3 Å². The smallest absolute Gasteiger partial charge is 0.339 e. The van der Waals surface area contributed by atoms with Crippen LogP contribution < -0.4 is 15.4 Å². The molecule has 1 aromatic rings. The molecule has 116 valence electrons. The highest BCUT2D eigenvalue weighted by molar-refractivity contribution is 7.98. The largest absolute Gasteiger partial charge is 0.496 e. The minimum Gasteiger partial charge on any atom is -0.496 e. The molecule has 0 saturated heterocycles. The summed E-state index contributed by atoms with van der Waals surface area (Å²) in [5.41, 5.74) is 0.231. The Morgan fingerprint density at radius 2 is 2.14 bits per heavy atom. The van der Waals surface area contributed by atoms with Gasteiger partial charge in [-0.2, -0.15) is 11.8 Å². The lowest BCUT2D eigenvalue weighted by atomic mass is 10.2. The molecule has 21 heavy (non-hydrogen) atoms. The number of rotatable bonds is 7. The van der Waals surface area contributed by atoms with Gasteiger partial charge in [-0.1, -0.05) is 11.6 Å². The molecule has 1 rings (SSSR count). The number of hydrogen-bond acceptors (Lipinski definition) is 4. The van der Waals surface area contributed by atoms with Crippen LogP contribution in [-0.2, 0) is 0 Å². The highest BCUT2D eigenvalue weighted by atomic mass is 35.5. The van der Waals surface area contributed by atoms with Crippen molar-refractivity contribution in [2.75, 3.05) is 31.0 Å². The number of amides is 2. The summed E-state index contributed by atoms with van der Waals surface area (Å²) < 4.78 is 4.98. The highest BCUT2D eigenvalue weighted by Crippen LogP contribution is 2.30. The zero-order chi connectivity index (χ0) is 15.8. The summed E-state index contributed by atoms with van der Waals surface area (Å²) in [7, 11) is 1.35. The molecule has 0 atom stereocenters. The van der Waals surface area contributed by atoms with E-state index in [1.807, 2.05) is 6.26 Å². The fraction of sp³-hybridized carbons (Fsp3) is 0.385. The standard InChI is InChI=1S/C13H17ClN2O4S/c1-20-11-7-10(9(14)6-8(11)12(17)18)16-13(19)15-4-3-5-21-2/h6-7H,3-5H2,1-2H3,(H,17,18)(H2,15,16,19). The summed E-state index contributed by atoms with van der Waals surface area (Å²) in [6.07, 6.45) is 2.86. The molecule has 2 amide bonds. The van der Waals surface area contributed by atoms with E-state index >= 15 is 0 Å². The monoisotopic (exact) mass is 332 g/mol. The van der Waals surface area contributed by atoms with Gasteiger partial charge in [0.05, 0.1) is 17.8 Å². The maximum atomic E-state index is 11.7. The molecule has 0 fully saturated rings. The quantitative estimate of drug-likeness (QED) is 0.668. The Hall–Kier alpha value is -1.60. The van der Waals surface area contributed by atoms with E-state index in [4.69, 9.17) is 21.4 Å². The number of methoxy groups -OCH3 is 1. The number of benzene rings is 1. The van der Waals surface area contributed by atoms with Crippen LogP contribution in [0.1, 0.15) is 16.8 Å². The van der Waals surface area contributed by atoms with Gasteiger partial charge < -0.3 is 20.5 Å². The van der Waals surface area contributed by atoms with Crippen LogP contribution in [0, 0.1) is 0 Å². The van der Waals surface area contributed by atoms with E-state index in [1.165, 1.54) is 19.2 Å². The Morgan fingerprint density at radius 1 is 1.43 bits per heavy atom. The van der Waals surface area contributed by atoms with Crippen molar-refractivity contribution in [2.24, 2.45) is 0 Å². The van der Waals surface area contributed by atoms with Crippen molar-refractivity contribution in [1.29, 1.82) is 0 Å². The van der Waals surface area contributed by atoms with Crippen LogP contribution in [-0.4, -0.2) is 42.8 Å². The molecule has 0 radical (unpaired) electrons. The van der Waals surface area contributed by atoms with Crippen LogP contribution in [0.2, 0.25) is 5.02 Å². The number of anilines is 1. The van der Waals surface area contributed by atoms with E-state index in [2.05, 4.69) is 10.6 Å². The Labute approximate surface area is 132 Å². The number of carboxylic acids is 1. The van der Waals surface area contributed by atoms with E-state index in [1.54, 1.807) is 11.8 Å². The fourth-order valence-electron chi connectivity index (χ4n) is 1.57. The Balaban J connectivity index is 2.75. The first kappa shape index (κ1) is 17.5. The first-order valence-electron chi connectivity index (χ1n) is 6.14. The molecule has 6 nitrogen and oxygen atoms in total. The van der Waals surface area contributed by atoms with Gasteiger partial charge in [0.1, 0.15) is 11.3 Å². The maximum absolute atomic E-state index is 11.7. The zero-order valence-electron chi connectivity index (χ0n) is 11.7. The Morgan fingerprint density at radius 3 is 2.71 bits per heavy atom. The number of ether oxygens (including phenoxy) is 1. The first-order chi connectivity index (χ1) is 9.99. The predicted molar refractivity (Wildman–Crippen MR) is 85.0 cm³/mol. The number of carbonyl (C=O) groups excluding carboxylic acids is 1. The van der Waals surface area contributed by atoms with Crippen molar-refractivity contribution in [3.63, 3.8) is 0 Å². The molecule has 0 bridgehead atoms. The van der Waals surface area contributed by atoms with Gasteiger partial charge in [-0.05, 0) is 24.5 Å². The van der Waals surface area contributed by atoms with E-state index in [9.17, 15) is 9.59 Å². The van der Waals surface area contributed by atoms with Gasteiger partial charge in [0.15, 0.2) is 0 Å². The summed E-state index contributed by atoms with van der Waals surface area (Å²) in [6.45, 7) is 0.550. The summed E-state index contributed by atoms with van der Waals surface area (Å²) in [5.74, 6) is -0.0614. The Kier molecular flexibility index (Phi) is 7.18. The van der Waals surface area contributed by atoms with Crippen molar-refractivity contribution in [3.8, 4) is 5.75 Å². The molecule has 0 aliphatic rings. The van der Waals surface area contributed by atoms with E-state index < -0.39 is 12.0 Å². The number of halogens is 1. The second-order valence-electron chi connectivity index (χ2n) is 4.06. The topological polar surface area (TPSA) is 87.7 Å². The molecule has 0 unspecified atom stereocenters. The number of urea groups is 1. The lowest BCUT2D eigenvalue weighted by molar-refractivity contribution is 0.0693.